The van der Waals surface area contributed by atoms with Crippen LogP contribution in [-0.2, 0) is 4.74 Å². The molecule has 0 heterocycles. The van der Waals surface area contributed by atoms with Gasteiger partial charge in [0.05, 0.1) is 13.7 Å². The fourth-order valence-corrected chi connectivity index (χ4v) is 0.891. The minimum Gasteiger partial charge on any atom is -0.448 e. The van der Waals surface area contributed by atoms with E-state index in [4.69, 9.17) is 9.57 Å². The minimum absolute atomic E-state index is 0.335. The summed E-state index contributed by atoms with van der Waals surface area (Å²) in [6.07, 6.45) is -0.503. The third-order valence-corrected chi connectivity index (χ3v) is 1.51. The predicted octanol–water partition coefficient (Wildman–Crippen LogP) is 2.07. The van der Waals surface area contributed by atoms with Gasteiger partial charge in [-0.2, -0.15) is 0 Å². The standard InChI is InChI=1S/C10H13NO3/c1-3-13-10(12)11(2)14-9-7-5-4-6-8-9/h4-8H,3H2,1-2H3. The first-order valence-electron chi connectivity index (χ1n) is 4.37. The van der Waals surface area contributed by atoms with E-state index in [1.165, 1.54) is 7.05 Å². The molecule has 0 fully saturated rings. The van der Waals surface area contributed by atoms with Gasteiger partial charge in [0.25, 0.3) is 0 Å². The van der Waals surface area contributed by atoms with E-state index < -0.39 is 6.09 Å². The van der Waals surface area contributed by atoms with Crippen LogP contribution in [0, 0.1) is 0 Å². The maximum atomic E-state index is 11.1. The maximum Gasteiger partial charge on any atom is 0.442 e. The molecule has 1 rings (SSSR count). The lowest BCUT2D eigenvalue weighted by molar-refractivity contribution is -0.0262. The van der Waals surface area contributed by atoms with Crippen molar-refractivity contribution >= 4 is 6.09 Å². The Morgan fingerprint density at radius 3 is 2.57 bits per heavy atom. The summed E-state index contributed by atoms with van der Waals surface area (Å²) in [6, 6.07) is 9.05. The van der Waals surface area contributed by atoms with Gasteiger partial charge in [0.1, 0.15) is 0 Å². The molecule has 1 aromatic rings. The van der Waals surface area contributed by atoms with Crippen molar-refractivity contribution in [2.24, 2.45) is 0 Å². The van der Waals surface area contributed by atoms with Crippen LogP contribution in [0.2, 0.25) is 0 Å². The van der Waals surface area contributed by atoms with E-state index in [9.17, 15) is 4.79 Å². The molecule has 0 radical (unpaired) electrons. The van der Waals surface area contributed by atoms with Crippen LogP contribution in [0.5, 0.6) is 5.75 Å². The van der Waals surface area contributed by atoms with E-state index in [0.717, 1.165) is 5.06 Å². The summed E-state index contributed by atoms with van der Waals surface area (Å²) in [6.45, 7) is 2.08. The molecule has 4 nitrogen and oxygen atoms in total. The second-order valence-corrected chi connectivity index (χ2v) is 2.60. The van der Waals surface area contributed by atoms with Crippen molar-refractivity contribution in [3.63, 3.8) is 0 Å². The van der Waals surface area contributed by atoms with Crippen LogP contribution in [0.25, 0.3) is 0 Å². The lowest BCUT2D eigenvalue weighted by Crippen LogP contribution is -2.30. The second-order valence-electron chi connectivity index (χ2n) is 2.60. The van der Waals surface area contributed by atoms with Gasteiger partial charge in [-0.05, 0) is 19.1 Å². The largest absolute Gasteiger partial charge is 0.448 e. The summed E-state index contributed by atoms with van der Waals surface area (Å²) < 4.78 is 4.74. The highest BCUT2D eigenvalue weighted by Crippen LogP contribution is 2.09. The highest BCUT2D eigenvalue weighted by atomic mass is 16.7. The number of hydroxylamine groups is 2. The van der Waals surface area contributed by atoms with E-state index in [1.54, 1.807) is 19.1 Å². The van der Waals surface area contributed by atoms with E-state index in [1.807, 2.05) is 18.2 Å². The fraction of sp³-hybridized carbons (Fsp3) is 0.300. The molecule has 0 aliphatic rings. The van der Waals surface area contributed by atoms with E-state index in [0.29, 0.717) is 12.4 Å². The van der Waals surface area contributed by atoms with Crippen molar-refractivity contribution in [1.82, 2.24) is 5.06 Å². The number of ether oxygens (including phenoxy) is 1. The Kier molecular flexibility index (Phi) is 3.79. The maximum absolute atomic E-state index is 11.1. The normalized spacial score (nSPS) is 9.29. The number of benzene rings is 1. The zero-order chi connectivity index (χ0) is 10.4. The van der Waals surface area contributed by atoms with Gasteiger partial charge in [-0.3, -0.25) is 0 Å². The smallest absolute Gasteiger partial charge is 0.442 e. The van der Waals surface area contributed by atoms with Crippen LogP contribution in [0.4, 0.5) is 4.79 Å². The van der Waals surface area contributed by atoms with E-state index in [2.05, 4.69) is 0 Å². The number of carbonyl (C=O) groups excluding carboxylic acids is 1. The molecule has 1 aromatic carbocycles. The summed E-state index contributed by atoms with van der Waals surface area (Å²) in [5.41, 5.74) is 0. The molecule has 76 valence electrons. The highest BCUT2D eigenvalue weighted by molar-refractivity contribution is 5.66. The van der Waals surface area contributed by atoms with Crippen LogP contribution in [-0.4, -0.2) is 24.8 Å². The van der Waals surface area contributed by atoms with Crippen molar-refractivity contribution < 1.29 is 14.4 Å². The van der Waals surface area contributed by atoms with Crippen molar-refractivity contribution in [1.29, 1.82) is 0 Å². The quantitative estimate of drug-likeness (QED) is 0.693. The third-order valence-electron chi connectivity index (χ3n) is 1.51. The van der Waals surface area contributed by atoms with Gasteiger partial charge in [0.15, 0.2) is 5.75 Å². The minimum atomic E-state index is -0.503. The zero-order valence-corrected chi connectivity index (χ0v) is 8.27. The monoisotopic (exact) mass is 195 g/mol. The van der Waals surface area contributed by atoms with Gasteiger partial charge in [0, 0.05) is 0 Å². The number of nitrogens with zero attached hydrogens (tertiary/aromatic N) is 1. The highest BCUT2D eigenvalue weighted by Gasteiger charge is 2.10. The topological polar surface area (TPSA) is 38.8 Å². The third kappa shape index (κ3) is 2.97. The molecule has 4 heteroatoms. The summed E-state index contributed by atoms with van der Waals surface area (Å²) in [5.74, 6) is 0.600. The zero-order valence-electron chi connectivity index (χ0n) is 8.27. The Morgan fingerprint density at radius 2 is 2.00 bits per heavy atom. The Hall–Kier alpha value is -1.71. The molecule has 1 amide bonds. The SMILES string of the molecule is CCOC(=O)N(C)Oc1ccccc1. The van der Waals surface area contributed by atoms with Crippen molar-refractivity contribution in [3.05, 3.63) is 30.3 Å². The number of amides is 1. The number of hydrogen-bond acceptors (Lipinski definition) is 3. The summed E-state index contributed by atoms with van der Waals surface area (Å²) in [5, 5.41) is 1.05. The molecule has 0 aromatic heterocycles. The molecule has 0 N–H and O–H groups in total. The molecule has 0 aliphatic heterocycles. The van der Waals surface area contributed by atoms with Crippen LogP contribution < -0.4 is 4.84 Å². The van der Waals surface area contributed by atoms with Crippen molar-refractivity contribution in [3.8, 4) is 5.75 Å². The Bertz CT molecular complexity index is 287. The molecule has 0 spiro atoms. The van der Waals surface area contributed by atoms with Crippen molar-refractivity contribution in [2.45, 2.75) is 6.92 Å². The van der Waals surface area contributed by atoms with Gasteiger partial charge < -0.3 is 9.57 Å². The first-order chi connectivity index (χ1) is 6.74. The molecule has 0 saturated heterocycles. The average Bonchev–Trinajstić information content (AvgIpc) is 2.19. The number of hydrogen-bond donors (Lipinski definition) is 0. The molecular weight excluding hydrogens is 182 g/mol. The van der Waals surface area contributed by atoms with E-state index >= 15 is 0 Å². The number of carbonyl (C=O) groups is 1. The van der Waals surface area contributed by atoms with Gasteiger partial charge >= 0.3 is 6.09 Å². The molecule has 0 unspecified atom stereocenters. The first kappa shape index (κ1) is 10.4. The van der Waals surface area contributed by atoms with Gasteiger partial charge in [0.2, 0.25) is 0 Å². The molecule has 14 heavy (non-hydrogen) atoms. The van der Waals surface area contributed by atoms with Crippen LogP contribution in [0.15, 0.2) is 30.3 Å². The summed E-state index contributed by atoms with van der Waals surface area (Å²) in [4.78, 5) is 16.3. The molecule has 0 bridgehead atoms. The average molecular weight is 195 g/mol. The summed E-state index contributed by atoms with van der Waals surface area (Å²) in [7, 11) is 1.50. The van der Waals surface area contributed by atoms with Crippen LogP contribution in [0.3, 0.4) is 0 Å². The predicted molar refractivity (Wildman–Crippen MR) is 51.9 cm³/mol. The lowest BCUT2D eigenvalue weighted by atomic mass is 10.3. The first-order valence-corrected chi connectivity index (χ1v) is 4.37. The van der Waals surface area contributed by atoms with E-state index in [-0.39, 0.29) is 0 Å². The Balaban J connectivity index is 2.49. The van der Waals surface area contributed by atoms with Gasteiger partial charge in [-0.15, -0.1) is 5.06 Å². The number of rotatable bonds is 3. The molecule has 0 saturated carbocycles. The van der Waals surface area contributed by atoms with Crippen LogP contribution >= 0.6 is 0 Å². The second kappa shape index (κ2) is 5.11. The molecular formula is C10H13NO3. The lowest BCUT2D eigenvalue weighted by Gasteiger charge is -2.16. The molecule has 0 aliphatic carbocycles. The van der Waals surface area contributed by atoms with Gasteiger partial charge in [-0.25, -0.2) is 4.79 Å². The van der Waals surface area contributed by atoms with Crippen molar-refractivity contribution in [2.75, 3.05) is 13.7 Å². The Labute approximate surface area is 83.0 Å². The molecule has 0 atom stereocenters. The Morgan fingerprint density at radius 1 is 1.36 bits per heavy atom. The summed E-state index contributed by atoms with van der Waals surface area (Å²) >= 11 is 0. The van der Waals surface area contributed by atoms with Gasteiger partial charge in [-0.1, -0.05) is 18.2 Å². The fourth-order valence-electron chi connectivity index (χ4n) is 0.891. The van der Waals surface area contributed by atoms with Crippen LogP contribution in [0.1, 0.15) is 6.92 Å². The number of para-hydroxylation sites is 1.